The van der Waals surface area contributed by atoms with Gasteiger partial charge in [0, 0.05) is 44.8 Å². The number of carbonyl (C=O) groups is 2. The summed E-state index contributed by atoms with van der Waals surface area (Å²) in [4.78, 5) is 28.4. The van der Waals surface area contributed by atoms with Crippen molar-refractivity contribution in [3.05, 3.63) is 95.6 Å². The Morgan fingerprint density at radius 3 is 2.30 bits per heavy atom. The Bertz CT molecular complexity index is 1170. The maximum Gasteiger partial charge on any atom is 0.337 e. The van der Waals surface area contributed by atoms with Gasteiger partial charge >= 0.3 is 5.97 Å². The second-order valence-electron chi connectivity index (χ2n) is 8.75. The normalized spacial score (nSPS) is 13.9. The molecule has 3 aromatic carbocycles. The van der Waals surface area contributed by atoms with Crippen LogP contribution in [-0.4, -0.2) is 62.8 Å². The number of nitrogens with zero attached hydrogens (tertiary/aromatic N) is 3. The fourth-order valence-electron chi connectivity index (χ4n) is 4.03. The molecule has 37 heavy (non-hydrogen) atoms. The van der Waals surface area contributed by atoms with Crippen LogP contribution in [0.2, 0.25) is 0 Å². The zero-order chi connectivity index (χ0) is 25.9. The molecule has 0 radical (unpaired) electrons. The highest BCUT2D eigenvalue weighted by atomic mass is 16.5. The molecule has 0 spiro atoms. The molecule has 1 aliphatic heterocycles. The van der Waals surface area contributed by atoms with Crippen molar-refractivity contribution >= 4 is 23.8 Å². The summed E-state index contributed by atoms with van der Waals surface area (Å²) in [5, 5.41) is 4.08. The summed E-state index contributed by atoms with van der Waals surface area (Å²) in [5.41, 5.74) is 6.16. The van der Waals surface area contributed by atoms with Crippen LogP contribution in [0.3, 0.4) is 0 Å². The van der Waals surface area contributed by atoms with Crippen molar-refractivity contribution < 1.29 is 19.1 Å². The van der Waals surface area contributed by atoms with Gasteiger partial charge in [-0.05, 0) is 59.7 Å². The molecule has 1 amide bonds. The van der Waals surface area contributed by atoms with Gasteiger partial charge in [0.05, 0.1) is 18.9 Å². The number of nitrogens with one attached hydrogen (secondary N) is 1. The van der Waals surface area contributed by atoms with Gasteiger partial charge in [-0.1, -0.05) is 30.3 Å². The van der Waals surface area contributed by atoms with Crippen molar-refractivity contribution in [2.24, 2.45) is 5.10 Å². The summed E-state index contributed by atoms with van der Waals surface area (Å²) in [7, 11) is 1.36. The van der Waals surface area contributed by atoms with E-state index in [0.717, 1.165) is 43.9 Å². The second-order valence-corrected chi connectivity index (χ2v) is 8.75. The number of hydrazone groups is 1. The molecule has 1 N–H and O–H groups in total. The SMILES string of the molecule is COC(=O)c1ccc(COc2ccc(C=NNC(=O)CCN3CCN(c4ccccc4)CC3)cc2)cc1. The molecule has 0 aliphatic carbocycles. The van der Waals surface area contributed by atoms with Gasteiger partial charge in [-0.2, -0.15) is 5.10 Å². The van der Waals surface area contributed by atoms with E-state index in [4.69, 9.17) is 9.47 Å². The molecular weight excluding hydrogens is 468 g/mol. The number of para-hydroxylation sites is 1. The van der Waals surface area contributed by atoms with Gasteiger partial charge in [0.1, 0.15) is 12.4 Å². The number of esters is 1. The first kappa shape index (κ1) is 25.9. The highest BCUT2D eigenvalue weighted by Crippen LogP contribution is 2.16. The number of amides is 1. The van der Waals surface area contributed by atoms with Crippen molar-refractivity contribution in [2.75, 3.05) is 44.7 Å². The molecule has 1 aliphatic rings. The minimum Gasteiger partial charge on any atom is -0.489 e. The summed E-state index contributed by atoms with van der Waals surface area (Å²) < 4.78 is 10.5. The lowest BCUT2D eigenvalue weighted by Gasteiger charge is -2.36. The third-order valence-electron chi connectivity index (χ3n) is 6.21. The van der Waals surface area contributed by atoms with Crippen molar-refractivity contribution in [3.63, 3.8) is 0 Å². The zero-order valence-electron chi connectivity index (χ0n) is 21.0. The third kappa shape index (κ3) is 7.91. The molecule has 0 saturated carbocycles. The molecule has 3 aromatic rings. The number of methoxy groups -OCH3 is 1. The van der Waals surface area contributed by atoms with Crippen LogP contribution in [0.1, 0.15) is 27.9 Å². The third-order valence-corrected chi connectivity index (χ3v) is 6.21. The monoisotopic (exact) mass is 500 g/mol. The molecule has 1 heterocycles. The van der Waals surface area contributed by atoms with Crippen molar-refractivity contribution in [1.82, 2.24) is 10.3 Å². The Morgan fingerprint density at radius 1 is 0.919 bits per heavy atom. The van der Waals surface area contributed by atoms with Gasteiger partial charge in [0.25, 0.3) is 0 Å². The highest BCUT2D eigenvalue weighted by Gasteiger charge is 2.17. The van der Waals surface area contributed by atoms with E-state index in [1.807, 2.05) is 42.5 Å². The van der Waals surface area contributed by atoms with Gasteiger partial charge in [0.2, 0.25) is 5.91 Å². The molecule has 4 rings (SSSR count). The van der Waals surface area contributed by atoms with Crippen molar-refractivity contribution in [3.8, 4) is 5.75 Å². The first-order valence-corrected chi connectivity index (χ1v) is 12.3. The lowest BCUT2D eigenvalue weighted by atomic mass is 10.1. The van der Waals surface area contributed by atoms with Crippen LogP contribution in [0.25, 0.3) is 0 Å². The number of hydrogen-bond acceptors (Lipinski definition) is 7. The first-order chi connectivity index (χ1) is 18.1. The van der Waals surface area contributed by atoms with E-state index in [2.05, 4.69) is 44.6 Å². The quantitative estimate of drug-likeness (QED) is 0.260. The predicted molar refractivity (Wildman–Crippen MR) is 144 cm³/mol. The molecule has 0 aromatic heterocycles. The van der Waals surface area contributed by atoms with Gasteiger partial charge in [-0.15, -0.1) is 0 Å². The first-order valence-electron chi connectivity index (χ1n) is 12.3. The molecule has 1 saturated heterocycles. The number of carbonyl (C=O) groups excluding carboxylic acids is 2. The van der Waals surface area contributed by atoms with Gasteiger partial charge < -0.3 is 14.4 Å². The fraction of sp³-hybridized carbons (Fsp3) is 0.276. The zero-order valence-corrected chi connectivity index (χ0v) is 21.0. The van der Waals surface area contributed by atoms with Gasteiger partial charge in [-0.3, -0.25) is 9.69 Å². The minimum atomic E-state index is -0.363. The van der Waals surface area contributed by atoms with E-state index >= 15 is 0 Å². The summed E-state index contributed by atoms with van der Waals surface area (Å²) >= 11 is 0. The number of ether oxygens (including phenoxy) is 2. The van der Waals surface area contributed by atoms with E-state index in [9.17, 15) is 9.59 Å². The van der Waals surface area contributed by atoms with Crippen molar-refractivity contribution in [2.45, 2.75) is 13.0 Å². The number of piperazine rings is 1. The predicted octanol–water partition coefficient (Wildman–Crippen LogP) is 3.71. The Hall–Kier alpha value is -4.17. The number of hydrogen-bond donors (Lipinski definition) is 1. The Balaban J connectivity index is 1.13. The smallest absolute Gasteiger partial charge is 0.337 e. The Kier molecular flexibility index (Phi) is 9.26. The molecule has 0 atom stereocenters. The largest absolute Gasteiger partial charge is 0.489 e. The highest BCUT2D eigenvalue weighted by molar-refractivity contribution is 5.89. The average Bonchev–Trinajstić information content (AvgIpc) is 2.96. The van der Waals surface area contributed by atoms with E-state index in [0.29, 0.717) is 24.3 Å². The molecule has 1 fully saturated rings. The van der Waals surface area contributed by atoms with Crippen LogP contribution in [0.5, 0.6) is 5.75 Å². The van der Waals surface area contributed by atoms with E-state index in [1.165, 1.54) is 12.8 Å². The standard InChI is InChI=1S/C29H32N4O4/c1-36-29(35)25-11-7-24(8-12-25)22-37-27-13-9-23(10-14-27)21-30-31-28(34)15-16-32-17-19-33(20-18-32)26-5-3-2-4-6-26/h2-14,21H,15-20,22H2,1H3,(H,31,34). The summed E-state index contributed by atoms with van der Waals surface area (Å²) in [6.07, 6.45) is 2.03. The molecular formula is C29H32N4O4. The van der Waals surface area contributed by atoms with Crippen LogP contribution in [0, 0.1) is 0 Å². The maximum atomic E-state index is 12.2. The molecule has 0 bridgehead atoms. The molecule has 8 nitrogen and oxygen atoms in total. The van der Waals surface area contributed by atoms with E-state index in [-0.39, 0.29) is 11.9 Å². The van der Waals surface area contributed by atoms with Gasteiger partial charge in [0.15, 0.2) is 0 Å². The molecule has 0 unspecified atom stereocenters. The lowest BCUT2D eigenvalue weighted by Crippen LogP contribution is -2.47. The topological polar surface area (TPSA) is 83.5 Å². The van der Waals surface area contributed by atoms with Crippen LogP contribution in [-0.2, 0) is 16.1 Å². The Morgan fingerprint density at radius 2 is 1.62 bits per heavy atom. The minimum absolute atomic E-state index is 0.0973. The number of anilines is 1. The van der Waals surface area contributed by atoms with Crippen molar-refractivity contribution in [1.29, 1.82) is 0 Å². The Labute approximate surface area is 217 Å². The summed E-state index contributed by atoms with van der Waals surface area (Å²) in [6.45, 7) is 4.92. The second kappa shape index (κ2) is 13.2. The van der Waals surface area contributed by atoms with E-state index < -0.39 is 0 Å². The maximum absolute atomic E-state index is 12.2. The number of rotatable bonds is 10. The fourth-order valence-corrected chi connectivity index (χ4v) is 4.03. The van der Waals surface area contributed by atoms with Gasteiger partial charge in [-0.25, -0.2) is 10.2 Å². The summed E-state index contributed by atoms with van der Waals surface area (Å²) in [5.74, 6) is 0.254. The summed E-state index contributed by atoms with van der Waals surface area (Å²) in [6, 6.07) is 25.0. The number of benzene rings is 3. The van der Waals surface area contributed by atoms with Crippen LogP contribution in [0.4, 0.5) is 5.69 Å². The molecule has 8 heteroatoms. The van der Waals surface area contributed by atoms with Crippen LogP contribution in [0.15, 0.2) is 84.0 Å². The lowest BCUT2D eigenvalue weighted by molar-refractivity contribution is -0.121. The average molecular weight is 501 g/mol. The molecule has 192 valence electrons. The van der Waals surface area contributed by atoms with Crippen LogP contribution < -0.4 is 15.1 Å². The van der Waals surface area contributed by atoms with E-state index in [1.54, 1.807) is 18.3 Å². The van der Waals surface area contributed by atoms with Crippen LogP contribution >= 0.6 is 0 Å².